The van der Waals surface area contributed by atoms with Crippen LogP contribution in [0.4, 0.5) is 0 Å². The molecule has 2 aliphatic carbocycles. The minimum Gasteiger partial charge on any atom is -0.353 e. The van der Waals surface area contributed by atoms with Crippen molar-refractivity contribution in [3.63, 3.8) is 0 Å². The van der Waals surface area contributed by atoms with Gasteiger partial charge in [0.2, 0.25) is 5.91 Å². The molecule has 3 N–H and O–H groups in total. The van der Waals surface area contributed by atoms with Crippen molar-refractivity contribution >= 4 is 5.91 Å². The Morgan fingerprint density at radius 3 is 2.24 bits per heavy atom. The summed E-state index contributed by atoms with van der Waals surface area (Å²) in [7, 11) is 0. The maximum Gasteiger partial charge on any atom is 0.220 e. The highest BCUT2D eigenvalue weighted by atomic mass is 16.1. The molecule has 122 valence electrons. The van der Waals surface area contributed by atoms with Crippen LogP contribution in [0.15, 0.2) is 0 Å². The molecule has 2 saturated carbocycles. The fourth-order valence-electron chi connectivity index (χ4n) is 4.33. The molecule has 0 spiro atoms. The molecular weight excluding hydrogens is 260 g/mol. The largest absolute Gasteiger partial charge is 0.353 e. The van der Waals surface area contributed by atoms with E-state index in [2.05, 4.69) is 12.2 Å². The van der Waals surface area contributed by atoms with E-state index in [0.29, 0.717) is 24.9 Å². The van der Waals surface area contributed by atoms with Crippen molar-refractivity contribution in [2.24, 2.45) is 17.1 Å². The predicted molar refractivity (Wildman–Crippen MR) is 88.0 cm³/mol. The molecule has 0 radical (unpaired) electrons. The lowest BCUT2D eigenvalue weighted by atomic mass is 9.71. The van der Waals surface area contributed by atoms with Gasteiger partial charge in [-0.25, -0.2) is 0 Å². The number of hydrogen-bond acceptors (Lipinski definition) is 2. The zero-order valence-electron chi connectivity index (χ0n) is 13.8. The Kier molecular flexibility index (Phi) is 6.53. The van der Waals surface area contributed by atoms with Crippen LogP contribution in [0.25, 0.3) is 0 Å². The topological polar surface area (TPSA) is 55.1 Å². The van der Waals surface area contributed by atoms with Crippen LogP contribution in [-0.4, -0.2) is 18.5 Å². The first-order chi connectivity index (χ1) is 10.2. The molecule has 0 aromatic carbocycles. The highest BCUT2D eigenvalue weighted by Crippen LogP contribution is 2.38. The van der Waals surface area contributed by atoms with Gasteiger partial charge < -0.3 is 11.1 Å². The Labute approximate surface area is 130 Å². The van der Waals surface area contributed by atoms with E-state index in [1.54, 1.807) is 0 Å². The van der Waals surface area contributed by atoms with Crippen LogP contribution in [0.2, 0.25) is 0 Å². The first kappa shape index (κ1) is 16.8. The lowest BCUT2D eigenvalue weighted by Crippen LogP contribution is -2.43. The monoisotopic (exact) mass is 294 g/mol. The third-order valence-corrected chi connectivity index (χ3v) is 5.88. The summed E-state index contributed by atoms with van der Waals surface area (Å²) in [6.45, 7) is 2.86. The highest BCUT2D eigenvalue weighted by molar-refractivity contribution is 5.77. The van der Waals surface area contributed by atoms with E-state index in [1.807, 2.05) is 0 Å². The Morgan fingerprint density at radius 2 is 1.67 bits per heavy atom. The maximum absolute atomic E-state index is 12.4. The average molecular weight is 294 g/mol. The second-order valence-electron chi connectivity index (χ2n) is 7.55. The zero-order valence-corrected chi connectivity index (χ0v) is 13.8. The van der Waals surface area contributed by atoms with Gasteiger partial charge in [0, 0.05) is 12.5 Å². The van der Waals surface area contributed by atoms with Crippen molar-refractivity contribution < 1.29 is 4.79 Å². The number of hydrogen-bond donors (Lipinski definition) is 2. The molecule has 3 nitrogen and oxygen atoms in total. The Hall–Kier alpha value is -0.570. The Bertz CT molecular complexity index is 315. The first-order valence-corrected chi connectivity index (χ1v) is 9.15. The van der Waals surface area contributed by atoms with Gasteiger partial charge in [-0.15, -0.1) is 0 Å². The van der Waals surface area contributed by atoms with E-state index in [4.69, 9.17) is 5.73 Å². The van der Waals surface area contributed by atoms with Gasteiger partial charge in [-0.3, -0.25) is 4.79 Å². The summed E-state index contributed by atoms with van der Waals surface area (Å²) in [5.41, 5.74) is 6.09. The summed E-state index contributed by atoms with van der Waals surface area (Å²) >= 11 is 0. The Morgan fingerprint density at radius 1 is 1.10 bits per heavy atom. The normalized spacial score (nSPS) is 25.0. The second kappa shape index (κ2) is 8.17. The van der Waals surface area contributed by atoms with Gasteiger partial charge in [-0.05, 0) is 50.5 Å². The fraction of sp³-hybridized carbons (Fsp3) is 0.944. The summed E-state index contributed by atoms with van der Waals surface area (Å²) in [6, 6.07) is 0.328. The van der Waals surface area contributed by atoms with Crippen molar-refractivity contribution in [1.29, 1.82) is 0 Å². The van der Waals surface area contributed by atoms with Crippen LogP contribution in [0.5, 0.6) is 0 Å². The Balaban J connectivity index is 1.82. The third-order valence-electron chi connectivity index (χ3n) is 5.88. The van der Waals surface area contributed by atoms with E-state index >= 15 is 0 Å². The maximum atomic E-state index is 12.4. The molecule has 0 heterocycles. The molecule has 0 aromatic heterocycles. The number of carbonyl (C=O) groups excluding carboxylic acids is 1. The van der Waals surface area contributed by atoms with Gasteiger partial charge in [0.15, 0.2) is 0 Å². The van der Waals surface area contributed by atoms with Gasteiger partial charge in [-0.1, -0.05) is 44.9 Å². The lowest BCUT2D eigenvalue weighted by Gasteiger charge is -2.36. The molecule has 1 amide bonds. The summed E-state index contributed by atoms with van der Waals surface area (Å²) < 4.78 is 0. The van der Waals surface area contributed by atoms with Crippen molar-refractivity contribution in [2.45, 2.75) is 90.0 Å². The number of nitrogens with one attached hydrogen (secondary N) is 1. The molecule has 1 atom stereocenters. The molecule has 0 saturated heterocycles. The van der Waals surface area contributed by atoms with Crippen LogP contribution in [0.1, 0.15) is 84.0 Å². The molecule has 2 rings (SSSR count). The third kappa shape index (κ3) is 4.98. The minimum atomic E-state index is 0.0888. The molecule has 3 heteroatoms. The fourth-order valence-corrected chi connectivity index (χ4v) is 4.33. The van der Waals surface area contributed by atoms with Crippen LogP contribution in [0, 0.1) is 11.3 Å². The van der Waals surface area contributed by atoms with Crippen LogP contribution in [-0.2, 0) is 4.79 Å². The number of carbonyl (C=O) groups is 1. The van der Waals surface area contributed by atoms with Crippen molar-refractivity contribution in [3.05, 3.63) is 0 Å². The first-order valence-electron chi connectivity index (χ1n) is 9.15. The summed E-state index contributed by atoms with van der Waals surface area (Å²) in [6.07, 6.45) is 14.7. The smallest absolute Gasteiger partial charge is 0.220 e. The molecule has 0 unspecified atom stereocenters. The van der Waals surface area contributed by atoms with Gasteiger partial charge >= 0.3 is 0 Å². The van der Waals surface area contributed by atoms with Crippen LogP contribution >= 0.6 is 0 Å². The van der Waals surface area contributed by atoms with E-state index in [0.717, 1.165) is 12.8 Å². The van der Waals surface area contributed by atoms with Crippen molar-refractivity contribution in [2.75, 3.05) is 6.54 Å². The average Bonchev–Trinajstić information content (AvgIpc) is 2.77. The van der Waals surface area contributed by atoms with Gasteiger partial charge in [-0.2, -0.15) is 0 Å². The SMILES string of the molecule is C[C@@H](NC(=O)CC1(CN)CCCCC1)C1CCCCCC1. The molecule has 0 bridgehead atoms. The lowest BCUT2D eigenvalue weighted by molar-refractivity contribution is -0.124. The molecular formula is C18H34N2O. The van der Waals surface area contributed by atoms with Crippen LogP contribution in [0.3, 0.4) is 0 Å². The summed E-state index contributed by atoms with van der Waals surface area (Å²) in [5.74, 6) is 0.913. The van der Waals surface area contributed by atoms with E-state index < -0.39 is 0 Å². The number of rotatable bonds is 5. The number of amides is 1. The van der Waals surface area contributed by atoms with E-state index in [9.17, 15) is 4.79 Å². The van der Waals surface area contributed by atoms with Crippen molar-refractivity contribution in [1.82, 2.24) is 5.32 Å². The zero-order chi connectivity index (χ0) is 15.1. The minimum absolute atomic E-state index is 0.0888. The van der Waals surface area contributed by atoms with Crippen molar-refractivity contribution in [3.8, 4) is 0 Å². The van der Waals surface area contributed by atoms with Gasteiger partial charge in [0.05, 0.1) is 0 Å². The van der Waals surface area contributed by atoms with Gasteiger partial charge in [0.25, 0.3) is 0 Å². The molecule has 0 aromatic rings. The molecule has 0 aliphatic heterocycles. The molecule has 2 fully saturated rings. The number of nitrogens with two attached hydrogens (primary N) is 1. The molecule has 21 heavy (non-hydrogen) atoms. The van der Waals surface area contributed by atoms with Gasteiger partial charge in [0.1, 0.15) is 0 Å². The standard InChI is InChI=1S/C18H34N2O/c1-15(16-9-5-2-3-6-10-16)20-17(21)13-18(14-19)11-7-4-8-12-18/h15-16H,2-14,19H2,1H3,(H,20,21)/t15-/m1/s1. The second-order valence-corrected chi connectivity index (χ2v) is 7.55. The van der Waals surface area contributed by atoms with E-state index in [1.165, 1.54) is 57.8 Å². The molecule has 2 aliphatic rings. The summed E-state index contributed by atoms with van der Waals surface area (Å²) in [5, 5.41) is 3.29. The highest BCUT2D eigenvalue weighted by Gasteiger charge is 2.33. The predicted octanol–water partition coefficient (Wildman–Crippen LogP) is 3.76. The van der Waals surface area contributed by atoms with E-state index in [-0.39, 0.29) is 11.3 Å². The van der Waals surface area contributed by atoms with Crippen LogP contribution < -0.4 is 11.1 Å². The quantitative estimate of drug-likeness (QED) is 0.759. The summed E-state index contributed by atoms with van der Waals surface area (Å²) in [4.78, 5) is 12.4.